The maximum absolute atomic E-state index is 10.4. The van der Waals surface area contributed by atoms with Crippen LogP contribution in [0.3, 0.4) is 0 Å². The molecule has 0 aliphatic carbocycles. The zero-order valence-corrected chi connectivity index (χ0v) is 46.0. The largest absolute Gasteiger partial charge is 1.00 e. The van der Waals surface area contributed by atoms with Gasteiger partial charge in [0.2, 0.25) is 0 Å². The van der Waals surface area contributed by atoms with Crippen LogP contribution in [0.25, 0.3) is 0 Å². The third-order valence-corrected chi connectivity index (χ3v) is 9.04. The molecule has 73 heavy (non-hydrogen) atoms. The number of rotatable bonds is 14. The molecular formula is C55H63BN9NaO6Pd-. The Hall–Kier alpha value is -6.80. The summed E-state index contributed by atoms with van der Waals surface area (Å²) in [5, 5.41) is 3.36. The van der Waals surface area contributed by atoms with Crippen molar-refractivity contribution >= 4 is 27.2 Å². The number of nitrogens with zero attached hydrogens (tertiary/aromatic N) is 7. The van der Waals surface area contributed by atoms with Crippen molar-refractivity contribution in [3.63, 3.8) is 0 Å². The first-order valence-electron chi connectivity index (χ1n) is 21.4. The van der Waals surface area contributed by atoms with Gasteiger partial charge in [-0.15, -0.1) is 0 Å². The number of benzene rings is 2. The minimum atomic E-state index is 0. The van der Waals surface area contributed by atoms with E-state index in [1.165, 1.54) is 23.8 Å². The first-order valence-corrected chi connectivity index (χ1v) is 21.4. The van der Waals surface area contributed by atoms with Gasteiger partial charge in [-0.3, -0.25) is 44.5 Å². The molecule has 6 aromatic heterocycles. The number of methoxy groups -OCH3 is 4. The molecule has 2 aromatic carbocycles. The van der Waals surface area contributed by atoms with Crippen LogP contribution in [0.5, 0.6) is 23.0 Å². The summed E-state index contributed by atoms with van der Waals surface area (Å²) in [5.41, 5.74) is 13.6. The molecule has 0 saturated heterocycles. The van der Waals surface area contributed by atoms with Crippen LogP contribution in [0, 0.1) is 14.4 Å². The number of aryl methyl sites for hydroxylation is 1. The monoisotopic (exact) mass is 1090 g/mol. The second-order valence-corrected chi connectivity index (χ2v) is 14.0. The molecule has 0 bridgehead atoms. The third kappa shape index (κ3) is 30.0. The maximum atomic E-state index is 10.4. The molecule has 3 radical (unpaired) electrons. The van der Waals surface area contributed by atoms with Gasteiger partial charge in [0.15, 0.2) is 23.0 Å². The first-order chi connectivity index (χ1) is 33.8. The summed E-state index contributed by atoms with van der Waals surface area (Å²) in [6, 6.07) is 33.8. The van der Waals surface area contributed by atoms with Crippen molar-refractivity contribution in [2.24, 2.45) is 10.7 Å². The Kier molecular flexibility index (Phi) is 41.1. The number of nitrogens with one attached hydrogen (secondary N) is 1. The van der Waals surface area contributed by atoms with E-state index in [1.54, 1.807) is 101 Å². The van der Waals surface area contributed by atoms with Crippen LogP contribution in [0.4, 0.5) is 0 Å². The average Bonchev–Trinajstić information content (AvgIpc) is 3.43. The Morgan fingerprint density at radius 2 is 0.849 bits per heavy atom. The van der Waals surface area contributed by atoms with Gasteiger partial charge in [0, 0.05) is 140 Å². The van der Waals surface area contributed by atoms with Crippen LogP contribution in [0.2, 0.25) is 0 Å². The number of hydrogen-bond donors (Lipinski definition) is 2. The summed E-state index contributed by atoms with van der Waals surface area (Å²) in [7, 11) is 6.36. The summed E-state index contributed by atoms with van der Waals surface area (Å²) < 4.78 is 20.1. The van der Waals surface area contributed by atoms with Crippen LogP contribution in [-0.2, 0) is 46.6 Å². The number of nitrogens with two attached hydrogens (primary N) is 1. The molecule has 8 aromatic rings. The van der Waals surface area contributed by atoms with Crippen molar-refractivity contribution in [2.75, 3.05) is 28.4 Å². The molecule has 0 aliphatic heterocycles. The van der Waals surface area contributed by atoms with Gasteiger partial charge in [-0.2, -0.15) is 0 Å². The van der Waals surface area contributed by atoms with Crippen LogP contribution in [-0.4, -0.2) is 85.5 Å². The number of aliphatic imine (C=N–C) groups is 1. The van der Waals surface area contributed by atoms with E-state index < -0.39 is 0 Å². The van der Waals surface area contributed by atoms with Crippen molar-refractivity contribution in [2.45, 2.75) is 33.1 Å². The van der Waals surface area contributed by atoms with Gasteiger partial charge in [-0.05, 0) is 143 Å². The molecule has 0 amide bonds. The van der Waals surface area contributed by atoms with E-state index in [4.69, 9.17) is 24.7 Å². The van der Waals surface area contributed by atoms with Crippen LogP contribution in [0.15, 0.2) is 189 Å². The Morgan fingerprint density at radius 3 is 1.22 bits per heavy atom. The molecule has 0 spiro atoms. The van der Waals surface area contributed by atoms with Gasteiger partial charge < -0.3 is 38.9 Å². The van der Waals surface area contributed by atoms with Gasteiger partial charge in [0.05, 0.1) is 35.0 Å². The fourth-order valence-corrected chi connectivity index (χ4v) is 5.38. The van der Waals surface area contributed by atoms with Crippen molar-refractivity contribution in [3.8, 4) is 23.0 Å². The molecular weight excluding hydrogens is 1020 g/mol. The molecule has 0 saturated carbocycles. The smallest absolute Gasteiger partial charge is 1.00 e. The van der Waals surface area contributed by atoms with E-state index in [-0.39, 0.29) is 67.2 Å². The van der Waals surface area contributed by atoms with Crippen molar-refractivity contribution in [3.05, 3.63) is 235 Å². The van der Waals surface area contributed by atoms with Crippen LogP contribution < -0.4 is 59.6 Å². The van der Waals surface area contributed by atoms with Crippen molar-refractivity contribution < 1.29 is 79.9 Å². The summed E-state index contributed by atoms with van der Waals surface area (Å²) in [4.78, 5) is 48.1. The molecule has 18 heteroatoms. The molecule has 6 heterocycles. The van der Waals surface area contributed by atoms with Gasteiger partial charge in [0.1, 0.15) is 12.6 Å². The Labute approximate surface area is 469 Å². The summed E-state index contributed by atoms with van der Waals surface area (Å²) >= 11 is 0. The minimum absolute atomic E-state index is 0. The van der Waals surface area contributed by atoms with E-state index in [0.29, 0.717) is 35.7 Å². The third-order valence-electron chi connectivity index (χ3n) is 9.04. The quantitative estimate of drug-likeness (QED) is 0.0556. The Balaban J connectivity index is -0.000000819. The molecule has 15 nitrogen and oxygen atoms in total. The van der Waals surface area contributed by atoms with Gasteiger partial charge in [0.25, 0.3) is 0 Å². The topological polar surface area (TPSA) is 199 Å². The molecule has 0 unspecified atom stereocenters. The first kappa shape index (κ1) is 68.3. The Bertz CT molecular complexity index is 2580. The number of ether oxygens (including phenoxy) is 4. The molecule has 3 N–H and O–H groups in total. The second-order valence-electron chi connectivity index (χ2n) is 14.0. The van der Waals surface area contributed by atoms with Gasteiger partial charge in [-0.1, -0.05) is 6.07 Å². The molecule has 0 aliphatic rings. The molecule has 0 fully saturated rings. The molecule has 0 atom stereocenters. The summed E-state index contributed by atoms with van der Waals surface area (Å²) in [5.74, 6) is 2.76. The van der Waals surface area contributed by atoms with Crippen molar-refractivity contribution in [1.82, 2.24) is 35.2 Å². The van der Waals surface area contributed by atoms with Crippen LogP contribution >= 0.6 is 0 Å². The average molecular weight is 1090 g/mol. The zero-order chi connectivity index (χ0) is 49.6. The van der Waals surface area contributed by atoms with E-state index >= 15 is 0 Å². The van der Waals surface area contributed by atoms with Gasteiger partial charge in [-0.25, -0.2) is 0 Å². The Morgan fingerprint density at radius 1 is 0.493 bits per heavy atom. The van der Waals surface area contributed by atoms with Crippen LogP contribution in [0.1, 0.15) is 55.5 Å². The maximum Gasteiger partial charge on any atom is 1.00 e. The van der Waals surface area contributed by atoms with E-state index in [9.17, 15) is 9.59 Å². The number of pyridine rings is 6. The number of aromatic nitrogens is 6. The second kappa shape index (κ2) is 43.9. The fourth-order valence-electron chi connectivity index (χ4n) is 5.38. The molecule has 8 rings (SSSR count). The number of hydrogen-bond acceptors (Lipinski definition) is 15. The zero-order valence-electron chi connectivity index (χ0n) is 43.4. The normalized spacial score (nSPS) is 9.12. The SMILES string of the molecule is C(=NCc1ccncc1)c1ccncc1.COc1ccc(C)cc1OC.COc1ccc(C=O)cc1OC.NCc1ccncc1.O=Cc1ccncc1.[B].[CH3-].[H-].[Na+].[Pd].c1cc(CNCc2ccncc2)ccn1. The predicted octanol–water partition coefficient (Wildman–Crippen LogP) is 6.01. The van der Waals surface area contributed by atoms with Gasteiger partial charge >= 0.3 is 29.6 Å². The number of aldehydes is 2. The van der Waals surface area contributed by atoms with Crippen molar-refractivity contribution in [1.29, 1.82) is 0 Å². The molecule has 379 valence electrons. The minimum Gasteiger partial charge on any atom is -1.00 e. The summed E-state index contributed by atoms with van der Waals surface area (Å²) in [6.07, 6.45) is 24.4. The standard InChI is InChI=1S/C12H13N3.C12H11N3.C9H10O3.C9H12O2.C6H8N2.C6H5NO.CH3.B.Na.Pd.H/c2*1-5-13-6-2-11(1)9-15-10-12-3-7-14-8-4-12;1-11-8-4-3-7(6-10)5-9(8)12-2;1-7-4-5-8(10-2)9(6-7)11-3;7-5-6-1-3-8-4-2-6;8-5-6-1-3-7-4-2-6;;;;;/h1-8,15H,9-10H2;1-9H,10H2;3-6H,1-2H3;4-6H,1-3H3;1-4H,5,7H2;1-5H;1H3;;;;/q;;;;;;-1;;+1;;-1. The number of carbonyl (C=O) groups is 2. The fraction of sp³-hybridized carbons (Fsp3) is 0.164. The predicted molar refractivity (Wildman–Crippen MR) is 283 cm³/mol. The van der Waals surface area contributed by atoms with E-state index in [1.807, 2.05) is 117 Å². The van der Waals surface area contributed by atoms with E-state index in [0.717, 1.165) is 53.9 Å². The number of carbonyl (C=O) groups excluding carboxylic acids is 2. The van der Waals surface area contributed by atoms with E-state index in [2.05, 4.69) is 40.2 Å². The summed E-state index contributed by atoms with van der Waals surface area (Å²) in [6.45, 7) is 5.03.